The van der Waals surface area contributed by atoms with Gasteiger partial charge in [-0.05, 0) is 69.2 Å². The Kier molecular flexibility index (Phi) is 7.47. The summed E-state index contributed by atoms with van der Waals surface area (Å²) in [6, 6.07) is 10.2. The summed E-state index contributed by atoms with van der Waals surface area (Å²) in [4.78, 5) is 42.8. The van der Waals surface area contributed by atoms with E-state index >= 15 is 0 Å². The Bertz CT molecular complexity index is 848. The molecule has 2 amide bonds. The standard InChI is InChI=1S/C22H27N3O4/c1-5-29-19(26)17-6-8-18(9-7-17)24-20(27)22(2,3)21(28)25(4)15-12-16-10-13-23-14-11-16/h6-11,13-14H,5,12,15H2,1-4H3,(H,24,27). The molecule has 0 radical (unpaired) electrons. The molecule has 1 N–H and O–H groups in total. The summed E-state index contributed by atoms with van der Waals surface area (Å²) in [6.07, 6.45) is 4.10. The Morgan fingerprint density at radius 2 is 1.69 bits per heavy atom. The van der Waals surface area contributed by atoms with Gasteiger partial charge >= 0.3 is 5.97 Å². The summed E-state index contributed by atoms with van der Waals surface area (Å²) in [5.74, 6) is -1.11. The molecule has 7 nitrogen and oxygen atoms in total. The minimum atomic E-state index is -1.24. The zero-order chi connectivity index (χ0) is 21.4. The molecule has 0 aliphatic carbocycles. The number of benzene rings is 1. The maximum Gasteiger partial charge on any atom is 0.338 e. The third-order valence-electron chi connectivity index (χ3n) is 4.59. The summed E-state index contributed by atoms with van der Waals surface area (Å²) in [7, 11) is 1.69. The van der Waals surface area contributed by atoms with Crippen LogP contribution in [0.5, 0.6) is 0 Å². The van der Waals surface area contributed by atoms with E-state index in [4.69, 9.17) is 4.74 Å². The summed E-state index contributed by atoms with van der Waals surface area (Å²) >= 11 is 0. The third kappa shape index (κ3) is 5.88. The third-order valence-corrected chi connectivity index (χ3v) is 4.59. The summed E-state index contributed by atoms with van der Waals surface area (Å²) in [5, 5.41) is 2.74. The number of hydrogen-bond acceptors (Lipinski definition) is 5. The lowest BCUT2D eigenvalue weighted by Gasteiger charge is -2.28. The number of nitrogens with one attached hydrogen (secondary N) is 1. The van der Waals surface area contributed by atoms with Gasteiger partial charge < -0.3 is 15.0 Å². The molecule has 0 unspecified atom stereocenters. The fourth-order valence-corrected chi connectivity index (χ4v) is 2.71. The van der Waals surface area contributed by atoms with E-state index in [-0.39, 0.29) is 5.91 Å². The van der Waals surface area contributed by atoms with Crippen molar-refractivity contribution in [2.45, 2.75) is 27.2 Å². The largest absolute Gasteiger partial charge is 0.462 e. The van der Waals surface area contributed by atoms with Crippen molar-refractivity contribution in [3.05, 3.63) is 59.9 Å². The molecule has 0 aliphatic heterocycles. The first-order chi connectivity index (χ1) is 13.8. The normalized spacial score (nSPS) is 10.9. The molecule has 29 heavy (non-hydrogen) atoms. The Morgan fingerprint density at radius 3 is 2.28 bits per heavy atom. The van der Waals surface area contributed by atoms with Gasteiger partial charge in [-0.15, -0.1) is 0 Å². The van der Waals surface area contributed by atoms with Gasteiger partial charge in [0.1, 0.15) is 5.41 Å². The quantitative estimate of drug-likeness (QED) is 0.547. The van der Waals surface area contributed by atoms with E-state index in [1.807, 2.05) is 12.1 Å². The molecule has 7 heteroatoms. The average Bonchev–Trinajstić information content (AvgIpc) is 2.72. The molecule has 1 aromatic heterocycles. The average molecular weight is 397 g/mol. The first kappa shape index (κ1) is 22.1. The van der Waals surface area contributed by atoms with Gasteiger partial charge in [0, 0.05) is 31.7 Å². The number of anilines is 1. The van der Waals surface area contributed by atoms with Crippen molar-refractivity contribution in [2.75, 3.05) is 25.5 Å². The Morgan fingerprint density at radius 1 is 1.07 bits per heavy atom. The van der Waals surface area contributed by atoms with Gasteiger partial charge in [0.25, 0.3) is 0 Å². The fraction of sp³-hybridized carbons (Fsp3) is 0.364. The Labute approximate surface area is 171 Å². The molecule has 0 spiro atoms. The zero-order valence-corrected chi connectivity index (χ0v) is 17.3. The van der Waals surface area contributed by atoms with Crippen LogP contribution in [0.25, 0.3) is 0 Å². The van der Waals surface area contributed by atoms with Crippen LogP contribution in [0, 0.1) is 5.41 Å². The van der Waals surface area contributed by atoms with Crippen LogP contribution in [0.15, 0.2) is 48.8 Å². The van der Waals surface area contributed by atoms with Gasteiger partial charge in [-0.2, -0.15) is 0 Å². The first-order valence-corrected chi connectivity index (χ1v) is 9.48. The molecule has 0 bridgehead atoms. The molecular weight excluding hydrogens is 370 g/mol. The number of pyridine rings is 1. The van der Waals surface area contributed by atoms with Gasteiger partial charge in [0.05, 0.1) is 12.2 Å². The van der Waals surface area contributed by atoms with Crippen LogP contribution in [-0.2, 0) is 20.7 Å². The van der Waals surface area contributed by atoms with Crippen molar-refractivity contribution in [2.24, 2.45) is 5.41 Å². The number of hydrogen-bond donors (Lipinski definition) is 1. The number of aromatic nitrogens is 1. The van der Waals surface area contributed by atoms with E-state index < -0.39 is 17.3 Å². The van der Waals surface area contributed by atoms with Crippen molar-refractivity contribution in [1.29, 1.82) is 0 Å². The molecule has 2 rings (SSSR count). The second-order valence-electron chi connectivity index (χ2n) is 7.21. The van der Waals surface area contributed by atoms with E-state index in [2.05, 4.69) is 10.3 Å². The van der Waals surface area contributed by atoms with Crippen molar-refractivity contribution >= 4 is 23.5 Å². The number of nitrogens with zero attached hydrogens (tertiary/aromatic N) is 2. The molecule has 0 aliphatic rings. The molecule has 0 saturated carbocycles. The lowest BCUT2D eigenvalue weighted by Crippen LogP contribution is -2.46. The summed E-state index contributed by atoms with van der Waals surface area (Å²) in [5.41, 5.74) is 0.732. The number of rotatable bonds is 8. The molecule has 1 aromatic carbocycles. The van der Waals surface area contributed by atoms with E-state index in [1.165, 1.54) is 0 Å². The molecule has 1 heterocycles. The molecular formula is C22H27N3O4. The van der Waals surface area contributed by atoms with E-state index in [1.54, 1.807) is 69.4 Å². The summed E-state index contributed by atoms with van der Waals surface area (Å²) in [6.45, 7) is 5.72. The maximum absolute atomic E-state index is 12.8. The van der Waals surface area contributed by atoms with Crippen molar-refractivity contribution < 1.29 is 19.1 Å². The second-order valence-corrected chi connectivity index (χ2v) is 7.21. The predicted octanol–water partition coefficient (Wildman–Crippen LogP) is 2.92. The highest BCUT2D eigenvalue weighted by Crippen LogP contribution is 2.22. The summed E-state index contributed by atoms with van der Waals surface area (Å²) < 4.78 is 4.94. The Hall–Kier alpha value is -3.22. The van der Waals surface area contributed by atoms with Gasteiger partial charge in [-0.3, -0.25) is 14.6 Å². The number of esters is 1. The monoisotopic (exact) mass is 397 g/mol. The van der Waals surface area contributed by atoms with Gasteiger partial charge in [0.15, 0.2) is 0 Å². The van der Waals surface area contributed by atoms with Crippen molar-refractivity contribution in [3.63, 3.8) is 0 Å². The highest BCUT2D eigenvalue weighted by Gasteiger charge is 2.38. The minimum absolute atomic E-state index is 0.271. The zero-order valence-electron chi connectivity index (χ0n) is 17.3. The van der Waals surface area contributed by atoms with Crippen LogP contribution < -0.4 is 5.32 Å². The van der Waals surface area contributed by atoms with Crippen LogP contribution in [0.2, 0.25) is 0 Å². The SMILES string of the molecule is CCOC(=O)c1ccc(NC(=O)C(C)(C)C(=O)N(C)CCc2ccncc2)cc1. The predicted molar refractivity (Wildman–Crippen MR) is 110 cm³/mol. The van der Waals surface area contributed by atoms with Gasteiger partial charge in [-0.25, -0.2) is 4.79 Å². The molecule has 0 atom stereocenters. The van der Waals surface area contributed by atoms with E-state index in [9.17, 15) is 14.4 Å². The fourth-order valence-electron chi connectivity index (χ4n) is 2.71. The number of ether oxygens (including phenoxy) is 1. The number of likely N-dealkylation sites (N-methyl/N-ethyl adjacent to an activating group) is 1. The van der Waals surface area contributed by atoms with Gasteiger partial charge in [0.2, 0.25) is 11.8 Å². The highest BCUT2D eigenvalue weighted by atomic mass is 16.5. The molecule has 0 fully saturated rings. The van der Waals surface area contributed by atoms with Crippen LogP contribution in [0.1, 0.15) is 36.7 Å². The van der Waals surface area contributed by atoms with Crippen LogP contribution in [-0.4, -0.2) is 47.9 Å². The smallest absolute Gasteiger partial charge is 0.338 e. The second kappa shape index (κ2) is 9.82. The molecule has 154 valence electrons. The lowest BCUT2D eigenvalue weighted by molar-refractivity contribution is -0.145. The van der Waals surface area contributed by atoms with Gasteiger partial charge in [-0.1, -0.05) is 0 Å². The van der Waals surface area contributed by atoms with Crippen LogP contribution >= 0.6 is 0 Å². The van der Waals surface area contributed by atoms with Crippen molar-refractivity contribution in [3.8, 4) is 0 Å². The highest BCUT2D eigenvalue weighted by molar-refractivity contribution is 6.09. The first-order valence-electron chi connectivity index (χ1n) is 9.48. The van der Waals surface area contributed by atoms with Crippen LogP contribution in [0.3, 0.4) is 0 Å². The minimum Gasteiger partial charge on any atom is -0.462 e. The number of amides is 2. The lowest BCUT2D eigenvalue weighted by atomic mass is 9.90. The maximum atomic E-state index is 12.8. The number of carbonyl (C=O) groups excluding carboxylic acids is 3. The van der Waals surface area contributed by atoms with Crippen LogP contribution in [0.4, 0.5) is 5.69 Å². The van der Waals surface area contributed by atoms with E-state index in [0.29, 0.717) is 30.8 Å². The topological polar surface area (TPSA) is 88.6 Å². The van der Waals surface area contributed by atoms with Crippen molar-refractivity contribution in [1.82, 2.24) is 9.88 Å². The molecule has 0 saturated heterocycles. The Balaban J connectivity index is 1.97. The molecule has 2 aromatic rings. The number of carbonyl (C=O) groups is 3. The van der Waals surface area contributed by atoms with E-state index in [0.717, 1.165) is 5.56 Å².